The Kier molecular flexibility index (Phi) is 4.06. The highest BCUT2D eigenvalue weighted by atomic mass is 79.9. The van der Waals surface area contributed by atoms with Crippen LogP contribution in [-0.2, 0) is 6.42 Å². The van der Waals surface area contributed by atoms with E-state index < -0.39 is 0 Å². The van der Waals surface area contributed by atoms with E-state index in [0.29, 0.717) is 6.42 Å². The highest BCUT2D eigenvalue weighted by molar-refractivity contribution is 9.13. The Balaban J connectivity index is 1.95. The van der Waals surface area contributed by atoms with E-state index in [1.54, 1.807) is 0 Å². The Labute approximate surface area is 137 Å². The number of hydrogen-bond donors (Lipinski definition) is 0. The number of carbonyl (C=O) groups excluding carboxylic acids is 1. The molecule has 0 fully saturated rings. The van der Waals surface area contributed by atoms with Crippen LogP contribution < -0.4 is 0 Å². The predicted octanol–water partition coefficient (Wildman–Crippen LogP) is 5.85. The molecule has 100 valence electrons. The molecule has 0 amide bonds. The molecule has 3 aromatic rings. The summed E-state index contributed by atoms with van der Waals surface area (Å²) in [6.07, 6.45) is 0.431. The van der Waals surface area contributed by atoms with Crippen molar-refractivity contribution in [2.45, 2.75) is 6.42 Å². The van der Waals surface area contributed by atoms with Gasteiger partial charge in [-0.3, -0.25) is 4.79 Å². The Morgan fingerprint density at radius 1 is 1.05 bits per heavy atom. The van der Waals surface area contributed by atoms with Gasteiger partial charge in [0.25, 0.3) is 0 Å². The molecular formula is C16H10Br2OS. The van der Waals surface area contributed by atoms with Crippen LogP contribution in [-0.4, -0.2) is 5.78 Å². The largest absolute Gasteiger partial charge is 0.293 e. The van der Waals surface area contributed by atoms with Gasteiger partial charge in [-0.15, -0.1) is 11.3 Å². The Hall–Kier alpha value is -0.970. The second-order valence-electron chi connectivity index (χ2n) is 4.47. The Bertz CT molecular complexity index is 767. The van der Waals surface area contributed by atoms with E-state index >= 15 is 0 Å². The molecule has 0 aliphatic carbocycles. The maximum atomic E-state index is 12.4. The first-order valence-corrected chi connectivity index (χ1v) is 8.50. The summed E-state index contributed by atoms with van der Waals surface area (Å²) in [7, 11) is 0. The molecule has 4 heteroatoms. The molecule has 1 aromatic heterocycles. The third-order valence-electron chi connectivity index (χ3n) is 3.15. The Morgan fingerprint density at radius 2 is 1.80 bits per heavy atom. The van der Waals surface area contributed by atoms with Crippen LogP contribution in [0.5, 0.6) is 0 Å². The van der Waals surface area contributed by atoms with E-state index in [9.17, 15) is 4.79 Å². The van der Waals surface area contributed by atoms with Crippen LogP contribution in [0.1, 0.15) is 15.2 Å². The highest BCUT2D eigenvalue weighted by Crippen LogP contribution is 2.33. The molecule has 0 N–H and O–H groups in total. The number of benzene rings is 2. The monoisotopic (exact) mass is 408 g/mol. The lowest BCUT2D eigenvalue weighted by molar-refractivity contribution is 0.0997. The van der Waals surface area contributed by atoms with Crippen molar-refractivity contribution in [2.75, 3.05) is 0 Å². The first kappa shape index (κ1) is 14.0. The third kappa shape index (κ3) is 2.73. The van der Waals surface area contributed by atoms with Gasteiger partial charge in [0.15, 0.2) is 5.78 Å². The molecule has 1 nitrogen and oxygen atoms in total. The second-order valence-corrected chi connectivity index (χ2v) is 7.69. The van der Waals surface area contributed by atoms with Crippen molar-refractivity contribution in [1.82, 2.24) is 0 Å². The molecular weight excluding hydrogens is 400 g/mol. The lowest BCUT2D eigenvalue weighted by Gasteiger charge is -2.05. The molecule has 0 atom stereocenters. The number of rotatable bonds is 3. The number of Topliss-reactive ketones (excluding diaryl/α,β-unsaturated/α-hetero) is 1. The summed E-state index contributed by atoms with van der Waals surface area (Å²) in [6, 6.07) is 16.1. The van der Waals surface area contributed by atoms with Crippen LogP contribution in [0.4, 0.5) is 0 Å². The van der Waals surface area contributed by atoms with Crippen LogP contribution >= 0.6 is 43.2 Å². The molecule has 20 heavy (non-hydrogen) atoms. The first-order chi connectivity index (χ1) is 9.65. The number of carbonyl (C=O) groups is 1. The molecule has 0 saturated heterocycles. The molecule has 0 saturated carbocycles. The van der Waals surface area contributed by atoms with E-state index in [0.717, 1.165) is 24.1 Å². The van der Waals surface area contributed by atoms with Crippen molar-refractivity contribution in [1.29, 1.82) is 0 Å². The number of ketones is 1. The van der Waals surface area contributed by atoms with Crippen molar-refractivity contribution < 1.29 is 4.79 Å². The fourth-order valence-corrected chi connectivity index (χ4v) is 4.16. The fraction of sp³-hybridized carbons (Fsp3) is 0.0625. The summed E-state index contributed by atoms with van der Waals surface area (Å²) in [5.41, 5.74) is 1.08. The summed E-state index contributed by atoms with van der Waals surface area (Å²) in [5.74, 6) is 0.151. The van der Waals surface area contributed by atoms with E-state index in [1.807, 2.05) is 30.3 Å². The number of thiophene rings is 1. The summed E-state index contributed by atoms with van der Waals surface area (Å²) in [4.78, 5) is 13.2. The van der Waals surface area contributed by atoms with Gasteiger partial charge in [0.1, 0.15) is 0 Å². The van der Waals surface area contributed by atoms with Gasteiger partial charge < -0.3 is 0 Å². The molecule has 0 aliphatic rings. The minimum Gasteiger partial charge on any atom is -0.293 e. The van der Waals surface area contributed by atoms with Crippen LogP contribution in [0.25, 0.3) is 10.8 Å². The highest BCUT2D eigenvalue weighted by Gasteiger charge is 2.13. The number of halogens is 2. The standard InChI is InChI=1S/C16H10Br2OS/c17-13-9-15(20-16(13)18)14(19)8-11-6-3-5-10-4-1-2-7-12(10)11/h1-7,9H,8H2. The van der Waals surface area contributed by atoms with Gasteiger partial charge in [-0.25, -0.2) is 0 Å². The van der Waals surface area contributed by atoms with Crippen molar-refractivity contribution in [3.63, 3.8) is 0 Å². The van der Waals surface area contributed by atoms with Gasteiger partial charge >= 0.3 is 0 Å². The van der Waals surface area contributed by atoms with Gasteiger partial charge in [-0.1, -0.05) is 42.5 Å². The predicted molar refractivity (Wildman–Crippen MR) is 91.7 cm³/mol. The molecule has 0 aliphatic heterocycles. The molecule has 1 heterocycles. The molecule has 0 bridgehead atoms. The Morgan fingerprint density at radius 3 is 2.55 bits per heavy atom. The molecule has 3 rings (SSSR count). The first-order valence-electron chi connectivity index (χ1n) is 6.10. The second kappa shape index (κ2) is 5.80. The summed E-state index contributed by atoms with van der Waals surface area (Å²) in [6.45, 7) is 0. The van der Waals surface area contributed by atoms with Gasteiger partial charge in [0.05, 0.1) is 8.66 Å². The molecule has 0 spiro atoms. The van der Waals surface area contributed by atoms with Crippen molar-refractivity contribution in [3.8, 4) is 0 Å². The van der Waals surface area contributed by atoms with E-state index in [1.165, 1.54) is 16.7 Å². The van der Waals surface area contributed by atoms with Crippen LogP contribution in [0.3, 0.4) is 0 Å². The summed E-state index contributed by atoms with van der Waals surface area (Å²) < 4.78 is 1.89. The maximum absolute atomic E-state index is 12.4. The molecule has 2 aromatic carbocycles. The average Bonchev–Trinajstić information content (AvgIpc) is 2.79. The molecule has 0 radical (unpaired) electrons. The average molecular weight is 410 g/mol. The van der Waals surface area contributed by atoms with E-state index in [4.69, 9.17) is 0 Å². The summed E-state index contributed by atoms with van der Waals surface area (Å²) in [5, 5.41) is 2.32. The third-order valence-corrected chi connectivity index (χ3v) is 6.45. The smallest absolute Gasteiger partial charge is 0.177 e. The van der Waals surface area contributed by atoms with Crippen molar-refractivity contribution >= 4 is 59.8 Å². The topological polar surface area (TPSA) is 17.1 Å². The van der Waals surface area contributed by atoms with E-state index in [2.05, 4.69) is 50.1 Å². The van der Waals surface area contributed by atoms with Gasteiger partial charge in [-0.05, 0) is 54.3 Å². The van der Waals surface area contributed by atoms with E-state index in [-0.39, 0.29) is 5.78 Å². The zero-order chi connectivity index (χ0) is 14.1. The zero-order valence-electron chi connectivity index (χ0n) is 10.4. The van der Waals surface area contributed by atoms with Gasteiger partial charge in [0, 0.05) is 10.9 Å². The minimum atomic E-state index is 0.151. The number of fused-ring (bicyclic) bond motifs is 1. The summed E-state index contributed by atoms with van der Waals surface area (Å²) >= 11 is 8.32. The SMILES string of the molecule is O=C(Cc1cccc2ccccc12)c1cc(Br)c(Br)s1. The van der Waals surface area contributed by atoms with Crippen molar-refractivity contribution in [2.24, 2.45) is 0 Å². The normalized spacial score (nSPS) is 10.9. The lowest BCUT2D eigenvalue weighted by Crippen LogP contribution is -2.01. The van der Waals surface area contributed by atoms with Crippen LogP contribution in [0.2, 0.25) is 0 Å². The quantitative estimate of drug-likeness (QED) is 0.495. The maximum Gasteiger partial charge on any atom is 0.177 e. The van der Waals surface area contributed by atoms with Gasteiger partial charge in [0.2, 0.25) is 0 Å². The fourth-order valence-electron chi connectivity index (χ4n) is 2.19. The minimum absolute atomic E-state index is 0.151. The van der Waals surface area contributed by atoms with Crippen molar-refractivity contribution in [3.05, 3.63) is 67.2 Å². The van der Waals surface area contributed by atoms with Crippen LogP contribution in [0, 0.1) is 0 Å². The molecule has 0 unspecified atom stereocenters. The number of hydrogen-bond acceptors (Lipinski definition) is 2. The lowest BCUT2D eigenvalue weighted by atomic mass is 10.00. The van der Waals surface area contributed by atoms with Crippen LogP contribution in [0.15, 0.2) is 56.8 Å². The zero-order valence-corrected chi connectivity index (χ0v) is 14.4. The van der Waals surface area contributed by atoms with Gasteiger partial charge in [-0.2, -0.15) is 0 Å².